The molecule has 96 valence electrons. The minimum Gasteiger partial charge on any atom is -0.467 e. The van der Waals surface area contributed by atoms with E-state index in [1.165, 1.54) is 13.3 Å². The molecule has 3 N–H and O–H groups in total. The Hall–Kier alpha value is -1.98. The zero-order chi connectivity index (χ0) is 13.5. The van der Waals surface area contributed by atoms with Gasteiger partial charge in [0.1, 0.15) is 5.54 Å². The SMILES string of the molecule is C=C(/C=C/NC(=O)NC(C)(C)C(=O)OC)NC. The zero-order valence-electron chi connectivity index (χ0n) is 10.6. The van der Waals surface area contributed by atoms with Crippen molar-refractivity contribution in [3.05, 3.63) is 24.6 Å². The molecule has 0 spiro atoms. The van der Waals surface area contributed by atoms with Gasteiger partial charge in [0.15, 0.2) is 0 Å². The van der Waals surface area contributed by atoms with Crippen LogP contribution in [0.25, 0.3) is 0 Å². The third-order valence-electron chi connectivity index (χ3n) is 1.94. The standard InChI is InChI=1S/C11H19N3O3/c1-8(12-4)6-7-13-10(16)14-11(2,3)9(15)17-5/h6-7,12H,1H2,2-5H3,(H2,13,14,16)/b7-6+. The van der Waals surface area contributed by atoms with Crippen molar-refractivity contribution in [3.63, 3.8) is 0 Å². The number of allylic oxidation sites excluding steroid dienone is 1. The maximum Gasteiger partial charge on any atom is 0.331 e. The second-order valence-electron chi connectivity index (χ2n) is 3.82. The number of nitrogens with one attached hydrogen (secondary N) is 3. The van der Waals surface area contributed by atoms with Gasteiger partial charge in [0.25, 0.3) is 0 Å². The number of amides is 2. The Morgan fingerprint density at radius 1 is 1.35 bits per heavy atom. The Labute approximate surface area is 101 Å². The molecular weight excluding hydrogens is 222 g/mol. The third-order valence-corrected chi connectivity index (χ3v) is 1.94. The molecule has 0 radical (unpaired) electrons. The van der Waals surface area contributed by atoms with E-state index in [2.05, 4.69) is 27.3 Å². The number of hydrogen-bond donors (Lipinski definition) is 3. The quantitative estimate of drug-likeness (QED) is 0.483. The van der Waals surface area contributed by atoms with Crippen LogP contribution in [0.1, 0.15) is 13.8 Å². The Bertz CT molecular complexity index is 335. The van der Waals surface area contributed by atoms with E-state index in [0.29, 0.717) is 5.70 Å². The molecule has 0 bridgehead atoms. The number of carbonyl (C=O) groups is 2. The van der Waals surface area contributed by atoms with E-state index in [1.54, 1.807) is 27.0 Å². The molecule has 0 unspecified atom stereocenters. The van der Waals surface area contributed by atoms with Crippen LogP contribution in [0.3, 0.4) is 0 Å². The Morgan fingerprint density at radius 3 is 2.41 bits per heavy atom. The minimum atomic E-state index is -1.08. The Morgan fingerprint density at radius 2 is 1.94 bits per heavy atom. The van der Waals surface area contributed by atoms with Crippen LogP contribution in [-0.4, -0.2) is 31.7 Å². The molecular formula is C11H19N3O3. The maximum atomic E-state index is 11.4. The van der Waals surface area contributed by atoms with Crippen LogP contribution >= 0.6 is 0 Å². The van der Waals surface area contributed by atoms with Crippen molar-refractivity contribution in [3.8, 4) is 0 Å². The van der Waals surface area contributed by atoms with Crippen molar-refractivity contribution in [1.29, 1.82) is 0 Å². The summed E-state index contributed by atoms with van der Waals surface area (Å²) in [5.74, 6) is -0.517. The number of likely N-dealkylation sites (N-methyl/N-ethyl adjacent to an activating group) is 1. The summed E-state index contributed by atoms with van der Waals surface area (Å²) in [6, 6.07) is -0.499. The van der Waals surface area contributed by atoms with Gasteiger partial charge in [-0.15, -0.1) is 0 Å². The van der Waals surface area contributed by atoms with E-state index in [1.807, 2.05) is 0 Å². The number of urea groups is 1. The van der Waals surface area contributed by atoms with Crippen LogP contribution in [-0.2, 0) is 9.53 Å². The molecule has 0 saturated heterocycles. The van der Waals surface area contributed by atoms with Gasteiger partial charge in [-0.1, -0.05) is 6.58 Å². The van der Waals surface area contributed by atoms with Gasteiger partial charge < -0.3 is 20.7 Å². The molecule has 0 aromatic rings. The fourth-order valence-electron chi connectivity index (χ4n) is 0.927. The maximum absolute atomic E-state index is 11.4. The number of hydrogen-bond acceptors (Lipinski definition) is 4. The predicted molar refractivity (Wildman–Crippen MR) is 65.1 cm³/mol. The van der Waals surface area contributed by atoms with Crippen molar-refractivity contribution < 1.29 is 14.3 Å². The first-order valence-electron chi connectivity index (χ1n) is 5.03. The first-order chi connectivity index (χ1) is 7.83. The van der Waals surface area contributed by atoms with E-state index in [0.717, 1.165) is 0 Å². The van der Waals surface area contributed by atoms with Crippen LogP contribution in [0.5, 0.6) is 0 Å². The monoisotopic (exact) mass is 241 g/mol. The van der Waals surface area contributed by atoms with Crippen molar-refractivity contribution in [2.24, 2.45) is 0 Å². The normalized spacial score (nSPS) is 10.8. The second-order valence-corrected chi connectivity index (χ2v) is 3.82. The summed E-state index contributed by atoms with van der Waals surface area (Å²) in [7, 11) is 2.98. The molecule has 0 rings (SSSR count). The van der Waals surface area contributed by atoms with Crippen LogP contribution in [0.4, 0.5) is 4.79 Å². The molecule has 6 heteroatoms. The van der Waals surface area contributed by atoms with E-state index < -0.39 is 17.5 Å². The third kappa shape index (κ3) is 5.60. The molecule has 6 nitrogen and oxygen atoms in total. The fraction of sp³-hybridized carbons (Fsp3) is 0.455. The van der Waals surface area contributed by atoms with Crippen LogP contribution < -0.4 is 16.0 Å². The summed E-state index contributed by atoms with van der Waals surface area (Å²) >= 11 is 0. The van der Waals surface area contributed by atoms with Gasteiger partial charge in [-0.2, -0.15) is 0 Å². The van der Waals surface area contributed by atoms with Gasteiger partial charge in [0.05, 0.1) is 7.11 Å². The van der Waals surface area contributed by atoms with Gasteiger partial charge in [-0.3, -0.25) is 0 Å². The molecule has 0 aliphatic heterocycles. The lowest BCUT2D eigenvalue weighted by Gasteiger charge is -2.22. The molecule has 0 aromatic carbocycles. The molecule has 0 aliphatic carbocycles. The molecule has 0 saturated carbocycles. The smallest absolute Gasteiger partial charge is 0.331 e. The summed E-state index contributed by atoms with van der Waals surface area (Å²) < 4.78 is 4.55. The number of ether oxygens (including phenoxy) is 1. The summed E-state index contributed by atoms with van der Waals surface area (Å²) in [4.78, 5) is 22.7. The number of esters is 1. The minimum absolute atomic E-state index is 0.499. The van der Waals surface area contributed by atoms with E-state index >= 15 is 0 Å². The lowest BCUT2D eigenvalue weighted by molar-refractivity contribution is -0.146. The van der Waals surface area contributed by atoms with Crippen molar-refractivity contribution >= 4 is 12.0 Å². The summed E-state index contributed by atoms with van der Waals surface area (Å²) in [5, 5.41) is 7.70. The van der Waals surface area contributed by atoms with Gasteiger partial charge in [0.2, 0.25) is 0 Å². The average molecular weight is 241 g/mol. The summed E-state index contributed by atoms with van der Waals surface area (Å²) in [6.45, 7) is 6.74. The average Bonchev–Trinajstić information content (AvgIpc) is 2.26. The number of methoxy groups -OCH3 is 1. The zero-order valence-corrected chi connectivity index (χ0v) is 10.6. The highest BCUT2D eigenvalue weighted by Crippen LogP contribution is 2.03. The summed E-state index contributed by atoms with van der Waals surface area (Å²) in [6.07, 6.45) is 3.01. The highest BCUT2D eigenvalue weighted by atomic mass is 16.5. The Balaban J connectivity index is 4.23. The first kappa shape index (κ1) is 15.0. The molecule has 0 fully saturated rings. The second kappa shape index (κ2) is 6.57. The highest BCUT2D eigenvalue weighted by Gasteiger charge is 2.30. The highest BCUT2D eigenvalue weighted by molar-refractivity contribution is 5.86. The van der Waals surface area contributed by atoms with Gasteiger partial charge in [0, 0.05) is 18.9 Å². The van der Waals surface area contributed by atoms with Crippen molar-refractivity contribution in [2.75, 3.05) is 14.2 Å². The molecule has 0 heterocycles. The van der Waals surface area contributed by atoms with Crippen LogP contribution in [0.2, 0.25) is 0 Å². The first-order valence-corrected chi connectivity index (χ1v) is 5.03. The molecule has 0 atom stereocenters. The van der Waals surface area contributed by atoms with Gasteiger partial charge in [-0.05, 0) is 19.9 Å². The Kier molecular flexibility index (Phi) is 5.80. The van der Waals surface area contributed by atoms with E-state index in [9.17, 15) is 9.59 Å². The lowest BCUT2D eigenvalue weighted by Crippen LogP contribution is -2.52. The summed E-state index contributed by atoms with van der Waals surface area (Å²) in [5.41, 5.74) is -0.426. The number of carbonyl (C=O) groups excluding carboxylic acids is 2. The van der Waals surface area contributed by atoms with Crippen LogP contribution in [0.15, 0.2) is 24.6 Å². The van der Waals surface area contributed by atoms with Crippen molar-refractivity contribution in [1.82, 2.24) is 16.0 Å². The van der Waals surface area contributed by atoms with E-state index in [4.69, 9.17) is 0 Å². The van der Waals surface area contributed by atoms with Gasteiger partial charge in [-0.25, -0.2) is 9.59 Å². The topological polar surface area (TPSA) is 79.5 Å². The largest absolute Gasteiger partial charge is 0.467 e. The van der Waals surface area contributed by atoms with E-state index in [-0.39, 0.29) is 0 Å². The lowest BCUT2D eigenvalue weighted by atomic mass is 10.1. The number of rotatable bonds is 5. The molecule has 0 aliphatic rings. The predicted octanol–water partition coefficient (Wildman–Crippen LogP) is 0.484. The molecule has 17 heavy (non-hydrogen) atoms. The molecule has 2 amide bonds. The van der Waals surface area contributed by atoms with Crippen LogP contribution in [0, 0.1) is 0 Å². The van der Waals surface area contributed by atoms with Crippen molar-refractivity contribution in [2.45, 2.75) is 19.4 Å². The molecule has 0 aromatic heterocycles. The van der Waals surface area contributed by atoms with Gasteiger partial charge >= 0.3 is 12.0 Å². The fourth-order valence-corrected chi connectivity index (χ4v) is 0.927.